The quantitative estimate of drug-likeness (QED) is 0.812. The lowest BCUT2D eigenvalue weighted by molar-refractivity contribution is -0.120. The molecule has 26 heavy (non-hydrogen) atoms. The minimum atomic E-state index is -0.108. The summed E-state index contributed by atoms with van der Waals surface area (Å²) in [6.07, 6.45) is 7.96. The van der Waals surface area contributed by atoms with Crippen molar-refractivity contribution in [3.8, 4) is 11.1 Å². The van der Waals surface area contributed by atoms with Crippen LogP contribution in [-0.4, -0.2) is 29.4 Å². The number of carbonyl (C=O) groups excluding carboxylic acids is 1. The lowest BCUT2D eigenvalue weighted by Crippen LogP contribution is -2.39. The topological polar surface area (TPSA) is 67.5 Å². The van der Waals surface area contributed by atoms with Gasteiger partial charge >= 0.3 is 0 Å². The number of benzene rings is 1. The van der Waals surface area contributed by atoms with E-state index in [4.69, 9.17) is 4.52 Å². The van der Waals surface area contributed by atoms with Crippen molar-refractivity contribution >= 4 is 11.6 Å². The zero-order chi connectivity index (χ0) is 18.5. The van der Waals surface area contributed by atoms with Crippen LogP contribution in [0.15, 0.2) is 64.8 Å². The summed E-state index contributed by atoms with van der Waals surface area (Å²) in [6.45, 7) is 8.30. The number of hydrogen-bond acceptors (Lipinski definition) is 4. The Morgan fingerprint density at radius 1 is 1.42 bits per heavy atom. The number of aliphatic imine (C=N–C) groups is 1. The van der Waals surface area contributed by atoms with E-state index in [2.05, 4.69) is 28.1 Å². The average molecular weight is 349 g/mol. The van der Waals surface area contributed by atoms with Crippen molar-refractivity contribution in [2.45, 2.75) is 26.3 Å². The fraction of sp³-hybridized carbons (Fsp3) is 0.286. The van der Waals surface area contributed by atoms with Crippen molar-refractivity contribution in [1.82, 2.24) is 10.5 Å². The normalized spacial score (nSPS) is 17.5. The van der Waals surface area contributed by atoms with Crippen LogP contribution in [0.25, 0.3) is 11.1 Å². The van der Waals surface area contributed by atoms with Crippen LogP contribution in [0.5, 0.6) is 0 Å². The number of aryl methyl sites for hydroxylation is 1. The Balaban J connectivity index is 1.57. The number of hydrogen-bond donors (Lipinski definition) is 1. The van der Waals surface area contributed by atoms with E-state index >= 15 is 0 Å². The van der Waals surface area contributed by atoms with Gasteiger partial charge in [-0.3, -0.25) is 9.79 Å². The minimum Gasteiger partial charge on any atom is -0.361 e. The van der Waals surface area contributed by atoms with Crippen LogP contribution in [0.4, 0.5) is 0 Å². The summed E-state index contributed by atoms with van der Waals surface area (Å²) in [5.41, 5.74) is 3.85. The van der Waals surface area contributed by atoms with E-state index in [1.165, 1.54) is 0 Å². The Morgan fingerprint density at radius 2 is 2.19 bits per heavy atom. The third kappa shape index (κ3) is 4.17. The number of amides is 1. The van der Waals surface area contributed by atoms with Gasteiger partial charge in [0.1, 0.15) is 5.76 Å². The van der Waals surface area contributed by atoms with Gasteiger partial charge in [0.25, 0.3) is 0 Å². The Hall–Kier alpha value is -2.95. The van der Waals surface area contributed by atoms with Gasteiger partial charge in [-0.25, -0.2) is 0 Å². The molecule has 3 rings (SSSR count). The Labute approximate surface area is 153 Å². The fourth-order valence-electron chi connectivity index (χ4n) is 2.91. The number of carbonyl (C=O) groups is 1. The number of aromatic nitrogens is 1. The van der Waals surface area contributed by atoms with E-state index in [1.807, 2.05) is 50.3 Å². The van der Waals surface area contributed by atoms with Crippen LogP contribution in [0.2, 0.25) is 0 Å². The summed E-state index contributed by atoms with van der Waals surface area (Å²) >= 11 is 0. The molecule has 5 nitrogen and oxygen atoms in total. The Morgan fingerprint density at radius 3 is 2.77 bits per heavy atom. The first-order valence-corrected chi connectivity index (χ1v) is 8.72. The maximum absolute atomic E-state index is 12.3. The highest BCUT2D eigenvalue weighted by molar-refractivity contribution is 6.01. The van der Waals surface area contributed by atoms with Crippen LogP contribution in [0, 0.1) is 12.8 Å². The van der Waals surface area contributed by atoms with E-state index in [0.29, 0.717) is 13.0 Å². The van der Waals surface area contributed by atoms with Crippen LogP contribution >= 0.6 is 0 Å². The molecule has 1 amide bonds. The molecule has 0 fully saturated rings. The van der Waals surface area contributed by atoms with Gasteiger partial charge in [0.05, 0.1) is 24.4 Å². The molecule has 2 aromatic rings. The molecule has 0 radical (unpaired) electrons. The third-order valence-electron chi connectivity index (χ3n) is 4.50. The fourth-order valence-corrected chi connectivity index (χ4v) is 2.91. The summed E-state index contributed by atoms with van der Waals surface area (Å²) in [5, 5.41) is 6.81. The summed E-state index contributed by atoms with van der Waals surface area (Å²) in [4.78, 5) is 16.8. The molecule has 5 heteroatoms. The number of rotatable bonds is 6. The number of dihydropyridines is 1. The van der Waals surface area contributed by atoms with Gasteiger partial charge < -0.3 is 9.84 Å². The molecule has 1 aromatic carbocycles. The second-order valence-electron chi connectivity index (χ2n) is 6.48. The molecule has 1 unspecified atom stereocenters. The predicted octanol–water partition coefficient (Wildman–Crippen LogP) is 3.51. The van der Waals surface area contributed by atoms with Crippen molar-refractivity contribution < 1.29 is 9.32 Å². The van der Waals surface area contributed by atoms with Crippen molar-refractivity contribution in [2.24, 2.45) is 10.9 Å². The largest absolute Gasteiger partial charge is 0.361 e. The van der Waals surface area contributed by atoms with Crippen LogP contribution in [0.3, 0.4) is 0 Å². The maximum Gasteiger partial charge on any atom is 0.224 e. The molecule has 2 atom stereocenters. The molecule has 134 valence electrons. The van der Waals surface area contributed by atoms with Crippen LogP contribution in [-0.2, 0) is 11.2 Å². The SMILES string of the molecule is C=CC1C=CC([C@@H](C)NC(=O)Cc2ccc(-c3cnoc3C)cc2)=NC1. The third-order valence-corrected chi connectivity index (χ3v) is 4.50. The monoisotopic (exact) mass is 349 g/mol. The maximum atomic E-state index is 12.3. The molecule has 1 aliphatic rings. The highest BCUT2D eigenvalue weighted by Crippen LogP contribution is 2.23. The smallest absolute Gasteiger partial charge is 0.224 e. The van der Waals surface area contributed by atoms with E-state index in [9.17, 15) is 4.79 Å². The van der Waals surface area contributed by atoms with Gasteiger partial charge in [0, 0.05) is 18.0 Å². The molecule has 2 heterocycles. The average Bonchev–Trinajstić information content (AvgIpc) is 3.08. The molecule has 0 saturated carbocycles. The minimum absolute atomic E-state index is 0.0200. The first kappa shape index (κ1) is 17.9. The first-order chi connectivity index (χ1) is 12.6. The van der Waals surface area contributed by atoms with E-state index in [-0.39, 0.29) is 17.9 Å². The molecule has 0 aliphatic carbocycles. The molecule has 1 N–H and O–H groups in total. The number of nitrogens with one attached hydrogen (secondary N) is 1. The lowest BCUT2D eigenvalue weighted by atomic mass is 10.0. The van der Waals surface area contributed by atoms with Crippen molar-refractivity contribution in [3.63, 3.8) is 0 Å². The van der Waals surface area contributed by atoms with Gasteiger partial charge in [-0.15, -0.1) is 6.58 Å². The van der Waals surface area contributed by atoms with Crippen molar-refractivity contribution in [1.29, 1.82) is 0 Å². The Bertz CT molecular complexity index is 846. The van der Waals surface area contributed by atoms with Gasteiger partial charge in [-0.1, -0.05) is 41.6 Å². The summed E-state index contributed by atoms with van der Waals surface area (Å²) in [6, 6.07) is 7.77. The lowest BCUT2D eigenvalue weighted by Gasteiger charge is -2.18. The molecule has 1 aliphatic heterocycles. The highest BCUT2D eigenvalue weighted by Gasteiger charge is 2.15. The zero-order valence-corrected chi connectivity index (χ0v) is 15.1. The van der Waals surface area contributed by atoms with E-state index in [1.54, 1.807) is 6.20 Å². The van der Waals surface area contributed by atoms with Crippen molar-refractivity contribution in [3.05, 3.63) is 66.6 Å². The van der Waals surface area contributed by atoms with Gasteiger partial charge in [0.15, 0.2) is 0 Å². The predicted molar refractivity (Wildman–Crippen MR) is 103 cm³/mol. The van der Waals surface area contributed by atoms with Gasteiger partial charge in [-0.05, 0) is 31.1 Å². The Kier molecular flexibility index (Phi) is 5.46. The second-order valence-corrected chi connectivity index (χ2v) is 6.48. The molecule has 1 aromatic heterocycles. The number of nitrogens with zero attached hydrogens (tertiary/aromatic N) is 2. The highest BCUT2D eigenvalue weighted by atomic mass is 16.5. The summed E-state index contributed by atoms with van der Waals surface area (Å²) < 4.78 is 5.09. The van der Waals surface area contributed by atoms with E-state index in [0.717, 1.165) is 28.2 Å². The van der Waals surface area contributed by atoms with Crippen molar-refractivity contribution in [2.75, 3.05) is 6.54 Å². The first-order valence-electron chi connectivity index (χ1n) is 8.72. The van der Waals surface area contributed by atoms with Crippen LogP contribution < -0.4 is 5.32 Å². The standard InChI is InChI=1S/C21H23N3O2/c1-4-16-7-10-20(22-12-16)14(2)24-21(25)11-17-5-8-18(9-6-17)19-13-23-26-15(19)3/h4-10,13-14,16H,1,11-12H2,2-3H3,(H,24,25)/t14-,16?/m1/s1. The zero-order valence-electron chi connectivity index (χ0n) is 15.1. The van der Waals surface area contributed by atoms with Crippen LogP contribution in [0.1, 0.15) is 18.2 Å². The van der Waals surface area contributed by atoms with E-state index < -0.39 is 0 Å². The van der Waals surface area contributed by atoms with Gasteiger partial charge in [-0.2, -0.15) is 0 Å². The molecule has 0 spiro atoms. The summed E-state index contributed by atoms with van der Waals surface area (Å²) in [7, 11) is 0. The molecule has 0 saturated heterocycles. The molecular formula is C21H23N3O2. The summed E-state index contributed by atoms with van der Waals surface area (Å²) in [5.74, 6) is 1.05. The second kappa shape index (κ2) is 7.95. The molecular weight excluding hydrogens is 326 g/mol. The van der Waals surface area contributed by atoms with Gasteiger partial charge in [0.2, 0.25) is 5.91 Å². The molecule has 0 bridgehead atoms.